The van der Waals surface area contributed by atoms with E-state index in [-0.39, 0.29) is 17.4 Å². The summed E-state index contributed by atoms with van der Waals surface area (Å²) in [5.74, 6) is 1.12. The molecule has 1 saturated heterocycles. The molecule has 1 fully saturated rings. The minimum Gasteiger partial charge on any atom is -0.342 e. The molecule has 1 atom stereocenters. The number of rotatable bonds is 5. The Hall–Kier alpha value is -1.99. The molecule has 28 heavy (non-hydrogen) atoms. The first-order valence-electron chi connectivity index (χ1n) is 10.3. The second kappa shape index (κ2) is 8.57. The molecule has 2 aromatic heterocycles. The Morgan fingerprint density at radius 3 is 3.07 bits per heavy atom. The number of hydrogen-bond donors (Lipinski definition) is 1. The lowest BCUT2D eigenvalue weighted by Gasteiger charge is -2.33. The Bertz CT molecular complexity index is 877. The van der Waals surface area contributed by atoms with Gasteiger partial charge in [0, 0.05) is 56.4 Å². The smallest absolute Gasteiger partial charge is 0.255 e. The molecule has 0 aliphatic carbocycles. The van der Waals surface area contributed by atoms with Crippen molar-refractivity contribution in [2.45, 2.75) is 58.0 Å². The molecule has 2 aliphatic rings. The van der Waals surface area contributed by atoms with Crippen LogP contribution in [0.1, 0.15) is 60.5 Å². The van der Waals surface area contributed by atoms with Crippen LogP contribution in [-0.4, -0.2) is 45.3 Å². The molecule has 4 rings (SSSR count). The lowest BCUT2D eigenvalue weighted by Crippen LogP contribution is -2.41. The van der Waals surface area contributed by atoms with Gasteiger partial charge >= 0.3 is 0 Å². The fourth-order valence-corrected chi connectivity index (χ4v) is 5.00. The van der Waals surface area contributed by atoms with Crippen molar-refractivity contribution in [3.8, 4) is 0 Å². The van der Waals surface area contributed by atoms with E-state index in [2.05, 4.69) is 27.4 Å². The van der Waals surface area contributed by atoms with Gasteiger partial charge in [0.15, 0.2) is 0 Å². The average Bonchev–Trinajstić information content (AvgIpc) is 3.21. The summed E-state index contributed by atoms with van der Waals surface area (Å²) in [4.78, 5) is 38.5. The van der Waals surface area contributed by atoms with Crippen molar-refractivity contribution >= 4 is 17.2 Å². The van der Waals surface area contributed by atoms with Gasteiger partial charge in [-0.05, 0) is 30.7 Å². The number of nitrogens with zero attached hydrogens (tertiary/aromatic N) is 3. The number of amides is 1. The van der Waals surface area contributed by atoms with Crippen molar-refractivity contribution in [1.29, 1.82) is 0 Å². The monoisotopic (exact) mass is 400 g/mol. The van der Waals surface area contributed by atoms with Crippen LogP contribution < -0.4 is 5.56 Å². The van der Waals surface area contributed by atoms with Gasteiger partial charge in [0.05, 0.1) is 11.3 Å². The molecular formula is C21H28N4O2S. The van der Waals surface area contributed by atoms with Crippen LogP contribution in [0.3, 0.4) is 0 Å². The molecule has 0 spiro atoms. The molecule has 6 nitrogen and oxygen atoms in total. The summed E-state index contributed by atoms with van der Waals surface area (Å²) in [6.45, 7) is 5.99. The molecule has 0 saturated carbocycles. The van der Waals surface area contributed by atoms with Crippen molar-refractivity contribution < 1.29 is 4.79 Å². The third-order valence-corrected chi connectivity index (χ3v) is 6.61. The third kappa shape index (κ3) is 4.20. The number of carbonyl (C=O) groups excluding carboxylic acids is 1. The second-order valence-electron chi connectivity index (χ2n) is 7.85. The van der Waals surface area contributed by atoms with Crippen molar-refractivity contribution in [2.24, 2.45) is 0 Å². The van der Waals surface area contributed by atoms with Crippen LogP contribution in [0.25, 0.3) is 0 Å². The molecule has 2 aromatic rings. The fourth-order valence-electron chi connectivity index (χ4n) is 4.25. The number of nitrogens with one attached hydrogen (secondary N) is 1. The first-order chi connectivity index (χ1) is 13.6. The Morgan fingerprint density at radius 1 is 1.39 bits per heavy atom. The molecule has 1 amide bonds. The largest absolute Gasteiger partial charge is 0.342 e. The highest BCUT2D eigenvalue weighted by molar-refractivity contribution is 7.09. The summed E-state index contributed by atoms with van der Waals surface area (Å²) >= 11 is 1.75. The topological polar surface area (TPSA) is 69.3 Å². The van der Waals surface area contributed by atoms with Gasteiger partial charge in [-0.3, -0.25) is 14.5 Å². The number of aromatic amines is 1. The second-order valence-corrected chi connectivity index (χ2v) is 8.88. The van der Waals surface area contributed by atoms with Gasteiger partial charge in [0.2, 0.25) is 5.91 Å². The maximum Gasteiger partial charge on any atom is 0.255 e. The van der Waals surface area contributed by atoms with E-state index >= 15 is 0 Å². The molecule has 0 unspecified atom stereocenters. The van der Waals surface area contributed by atoms with Gasteiger partial charge in [-0.2, -0.15) is 0 Å². The highest BCUT2D eigenvalue weighted by atomic mass is 32.1. The van der Waals surface area contributed by atoms with Crippen LogP contribution in [0.15, 0.2) is 22.3 Å². The van der Waals surface area contributed by atoms with Gasteiger partial charge in [0.1, 0.15) is 5.82 Å². The Kier molecular flexibility index (Phi) is 5.92. The van der Waals surface area contributed by atoms with Crippen LogP contribution in [0, 0.1) is 0 Å². The SMILES string of the molecule is CCCC(=O)N1CCC[C@@H](c2nc3c(c(=O)[nH]2)CN(Cc2cccs2)CC3)C1. The van der Waals surface area contributed by atoms with E-state index in [1.807, 2.05) is 11.8 Å². The van der Waals surface area contributed by atoms with E-state index in [4.69, 9.17) is 4.98 Å². The molecule has 0 bridgehead atoms. The number of thiophene rings is 1. The fraction of sp³-hybridized carbons (Fsp3) is 0.571. The number of fused-ring (bicyclic) bond motifs is 1. The summed E-state index contributed by atoms with van der Waals surface area (Å²) in [7, 11) is 0. The summed E-state index contributed by atoms with van der Waals surface area (Å²) in [6.07, 6.45) is 4.22. The van der Waals surface area contributed by atoms with E-state index < -0.39 is 0 Å². The number of likely N-dealkylation sites (tertiary alicyclic amines) is 1. The standard InChI is InChI=1S/C21H28N4O2S/c1-2-5-19(26)25-9-3-6-15(12-25)20-22-18-8-10-24(13-16-7-4-11-28-16)14-17(18)21(27)23-20/h4,7,11,15H,2-3,5-6,8-10,12-14H2,1H3,(H,22,23,27)/t15-/m1/s1. The Labute approximate surface area is 169 Å². The van der Waals surface area contributed by atoms with Crippen molar-refractivity contribution in [2.75, 3.05) is 19.6 Å². The normalized spacial score (nSPS) is 20.2. The minimum atomic E-state index is -0.00659. The molecule has 0 radical (unpaired) electrons. The maximum atomic E-state index is 12.8. The van der Waals surface area contributed by atoms with E-state index in [1.54, 1.807) is 11.3 Å². The van der Waals surface area contributed by atoms with E-state index in [9.17, 15) is 9.59 Å². The number of H-pyrrole nitrogens is 1. The Balaban J connectivity index is 1.48. The zero-order valence-electron chi connectivity index (χ0n) is 16.4. The average molecular weight is 401 g/mol. The van der Waals surface area contributed by atoms with E-state index in [0.29, 0.717) is 19.5 Å². The van der Waals surface area contributed by atoms with Gasteiger partial charge in [-0.25, -0.2) is 4.98 Å². The minimum absolute atomic E-state index is 0.00659. The summed E-state index contributed by atoms with van der Waals surface area (Å²) < 4.78 is 0. The molecular weight excluding hydrogens is 372 g/mol. The predicted octanol–water partition coefficient (Wildman–Crippen LogP) is 2.90. The number of carbonyl (C=O) groups is 1. The third-order valence-electron chi connectivity index (χ3n) is 5.75. The predicted molar refractivity (Wildman–Crippen MR) is 110 cm³/mol. The van der Waals surface area contributed by atoms with Crippen LogP contribution in [0.4, 0.5) is 0 Å². The van der Waals surface area contributed by atoms with Crippen LogP contribution >= 0.6 is 11.3 Å². The summed E-state index contributed by atoms with van der Waals surface area (Å²) in [5.41, 5.74) is 1.74. The van der Waals surface area contributed by atoms with Crippen molar-refractivity contribution in [1.82, 2.24) is 19.8 Å². The van der Waals surface area contributed by atoms with Crippen LogP contribution in [0.5, 0.6) is 0 Å². The highest BCUT2D eigenvalue weighted by Gasteiger charge is 2.28. The molecule has 7 heteroatoms. The molecule has 1 N–H and O–H groups in total. The van der Waals surface area contributed by atoms with Gasteiger partial charge in [-0.15, -0.1) is 11.3 Å². The molecule has 4 heterocycles. The Morgan fingerprint density at radius 2 is 2.29 bits per heavy atom. The van der Waals surface area contributed by atoms with Crippen LogP contribution in [0.2, 0.25) is 0 Å². The van der Waals surface area contributed by atoms with Crippen molar-refractivity contribution in [3.05, 3.63) is 49.8 Å². The number of piperidine rings is 1. The quantitative estimate of drug-likeness (QED) is 0.838. The lowest BCUT2D eigenvalue weighted by molar-refractivity contribution is -0.132. The molecule has 150 valence electrons. The van der Waals surface area contributed by atoms with Gasteiger partial charge < -0.3 is 9.88 Å². The van der Waals surface area contributed by atoms with E-state index in [0.717, 1.165) is 62.4 Å². The number of aromatic nitrogens is 2. The molecule has 2 aliphatic heterocycles. The van der Waals surface area contributed by atoms with E-state index in [1.165, 1.54) is 4.88 Å². The van der Waals surface area contributed by atoms with Crippen LogP contribution in [-0.2, 0) is 24.3 Å². The zero-order valence-corrected chi connectivity index (χ0v) is 17.3. The lowest BCUT2D eigenvalue weighted by atomic mass is 9.96. The summed E-state index contributed by atoms with van der Waals surface area (Å²) in [6, 6.07) is 4.21. The van der Waals surface area contributed by atoms with Gasteiger partial charge in [0.25, 0.3) is 5.56 Å². The number of hydrogen-bond acceptors (Lipinski definition) is 5. The first kappa shape index (κ1) is 19.3. The van der Waals surface area contributed by atoms with Gasteiger partial charge in [-0.1, -0.05) is 13.0 Å². The highest BCUT2D eigenvalue weighted by Crippen LogP contribution is 2.26. The molecule has 0 aromatic carbocycles. The summed E-state index contributed by atoms with van der Waals surface area (Å²) in [5, 5.41) is 2.09. The first-order valence-corrected chi connectivity index (χ1v) is 11.2. The maximum absolute atomic E-state index is 12.8. The van der Waals surface area contributed by atoms with Crippen molar-refractivity contribution in [3.63, 3.8) is 0 Å². The zero-order chi connectivity index (χ0) is 19.5.